The van der Waals surface area contributed by atoms with Crippen LogP contribution in [0.5, 0.6) is 11.5 Å². The highest BCUT2D eigenvalue weighted by molar-refractivity contribution is 5.45. The van der Waals surface area contributed by atoms with E-state index in [1.807, 2.05) is 36.4 Å². The van der Waals surface area contributed by atoms with Crippen molar-refractivity contribution in [3.05, 3.63) is 59.7 Å². The molecule has 2 aromatic carbocycles. The Kier molecular flexibility index (Phi) is 3.61. The minimum atomic E-state index is -0.0599. The molecule has 2 aromatic rings. The van der Waals surface area contributed by atoms with Crippen molar-refractivity contribution < 1.29 is 9.47 Å². The zero-order valence-electron chi connectivity index (χ0n) is 11.6. The zero-order valence-corrected chi connectivity index (χ0v) is 11.6. The standard InChI is InChI=1S/C17H19NO2/c1-2-15-17(18)14-10-13(8-9-16(14)20-15)19-11-12-6-4-3-5-7-12/h3-10,15,17H,2,11,18H2,1H3. The fourth-order valence-corrected chi connectivity index (χ4v) is 2.50. The Morgan fingerprint density at radius 3 is 2.70 bits per heavy atom. The van der Waals surface area contributed by atoms with Gasteiger partial charge in [-0.05, 0) is 30.2 Å². The van der Waals surface area contributed by atoms with Crippen LogP contribution in [0, 0.1) is 0 Å². The van der Waals surface area contributed by atoms with Crippen LogP contribution in [-0.4, -0.2) is 6.10 Å². The average molecular weight is 269 g/mol. The maximum Gasteiger partial charge on any atom is 0.125 e. The van der Waals surface area contributed by atoms with E-state index >= 15 is 0 Å². The Bertz CT molecular complexity index is 583. The van der Waals surface area contributed by atoms with E-state index in [9.17, 15) is 0 Å². The molecule has 0 radical (unpaired) electrons. The first-order valence-corrected chi connectivity index (χ1v) is 7.01. The smallest absolute Gasteiger partial charge is 0.125 e. The summed E-state index contributed by atoms with van der Waals surface area (Å²) in [6.45, 7) is 2.65. The highest BCUT2D eigenvalue weighted by Gasteiger charge is 2.30. The molecular formula is C17H19NO2. The first-order valence-electron chi connectivity index (χ1n) is 7.01. The second-order valence-electron chi connectivity index (χ2n) is 5.06. The lowest BCUT2D eigenvalue weighted by Gasteiger charge is -2.12. The molecule has 0 amide bonds. The van der Waals surface area contributed by atoms with Gasteiger partial charge in [0.05, 0.1) is 6.04 Å². The number of benzene rings is 2. The summed E-state index contributed by atoms with van der Waals surface area (Å²) in [5.74, 6) is 1.72. The lowest BCUT2D eigenvalue weighted by molar-refractivity contribution is 0.202. The van der Waals surface area contributed by atoms with Crippen molar-refractivity contribution in [3.63, 3.8) is 0 Å². The Morgan fingerprint density at radius 2 is 1.95 bits per heavy atom. The van der Waals surface area contributed by atoms with Crippen LogP contribution in [0.25, 0.3) is 0 Å². The van der Waals surface area contributed by atoms with E-state index in [2.05, 4.69) is 19.1 Å². The molecule has 0 saturated carbocycles. The second-order valence-corrected chi connectivity index (χ2v) is 5.06. The molecule has 2 N–H and O–H groups in total. The van der Waals surface area contributed by atoms with E-state index in [1.165, 1.54) is 0 Å². The number of nitrogens with two attached hydrogens (primary N) is 1. The number of rotatable bonds is 4. The monoisotopic (exact) mass is 269 g/mol. The van der Waals surface area contributed by atoms with Gasteiger partial charge in [-0.2, -0.15) is 0 Å². The molecule has 0 spiro atoms. The summed E-state index contributed by atoms with van der Waals surface area (Å²) in [7, 11) is 0. The number of fused-ring (bicyclic) bond motifs is 1. The molecule has 0 bridgehead atoms. The largest absolute Gasteiger partial charge is 0.489 e. The van der Waals surface area contributed by atoms with Gasteiger partial charge in [0.15, 0.2) is 0 Å². The van der Waals surface area contributed by atoms with Crippen molar-refractivity contribution in [2.45, 2.75) is 32.1 Å². The first-order chi connectivity index (χ1) is 9.78. The molecule has 1 aliphatic heterocycles. The van der Waals surface area contributed by atoms with E-state index in [0.717, 1.165) is 29.0 Å². The molecule has 0 aliphatic carbocycles. The Labute approximate surface area is 119 Å². The van der Waals surface area contributed by atoms with Gasteiger partial charge in [-0.3, -0.25) is 0 Å². The predicted molar refractivity (Wildman–Crippen MR) is 78.9 cm³/mol. The fourth-order valence-electron chi connectivity index (χ4n) is 2.50. The molecule has 104 valence electrons. The van der Waals surface area contributed by atoms with E-state index < -0.39 is 0 Å². The minimum Gasteiger partial charge on any atom is -0.489 e. The van der Waals surface area contributed by atoms with E-state index in [1.54, 1.807) is 0 Å². The Balaban J connectivity index is 1.72. The van der Waals surface area contributed by atoms with Gasteiger partial charge >= 0.3 is 0 Å². The molecule has 1 heterocycles. The summed E-state index contributed by atoms with van der Waals surface area (Å²) in [6, 6.07) is 15.9. The lowest BCUT2D eigenvalue weighted by Crippen LogP contribution is -2.24. The highest BCUT2D eigenvalue weighted by atomic mass is 16.5. The van der Waals surface area contributed by atoms with Gasteiger partial charge in [0.25, 0.3) is 0 Å². The van der Waals surface area contributed by atoms with Crippen LogP contribution in [0.15, 0.2) is 48.5 Å². The quantitative estimate of drug-likeness (QED) is 0.924. The molecule has 3 nitrogen and oxygen atoms in total. The molecule has 1 aliphatic rings. The van der Waals surface area contributed by atoms with Crippen LogP contribution in [0.1, 0.15) is 30.5 Å². The Morgan fingerprint density at radius 1 is 1.15 bits per heavy atom. The maximum absolute atomic E-state index is 6.20. The van der Waals surface area contributed by atoms with Crippen LogP contribution in [0.4, 0.5) is 0 Å². The van der Waals surface area contributed by atoms with Crippen molar-refractivity contribution in [2.75, 3.05) is 0 Å². The van der Waals surface area contributed by atoms with Gasteiger partial charge in [0.1, 0.15) is 24.2 Å². The van der Waals surface area contributed by atoms with Crippen LogP contribution in [0.3, 0.4) is 0 Å². The molecule has 3 heteroatoms. The van der Waals surface area contributed by atoms with Gasteiger partial charge in [-0.1, -0.05) is 37.3 Å². The third-order valence-corrected chi connectivity index (χ3v) is 3.67. The minimum absolute atomic E-state index is 0.0599. The van der Waals surface area contributed by atoms with Crippen molar-refractivity contribution in [1.29, 1.82) is 0 Å². The first kappa shape index (κ1) is 13.0. The highest BCUT2D eigenvalue weighted by Crippen LogP contribution is 2.38. The van der Waals surface area contributed by atoms with Gasteiger partial charge in [-0.15, -0.1) is 0 Å². The number of hydrogen-bond acceptors (Lipinski definition) is 3. The summed E-state index contributed by atoms with van der Waals surface area (Å²) in [6.07, 6.45) is 0.991. The van der Waals surface area contributed by atoms with Crippen LogP contribution in [-0.2, 0) is 6.61 Å². The fraction of sp³-hybridized carbons (Fsp3) is 0.294. The van der Waals surface area contributed by atoms with Gasteiger partial charge in [0, 0.05) is 5.56 Å². The molecule has 2 atom stereocenters. The van der Waals surface area contributed by atoms with Gasteiger partial charge in [0.2, 0.25) is 0 Å². The third-order valence-electron chi connectivity index (χ3n) is 3.67. The molecule has 2 unspecified atom stereocenters. The van der Waals surface area contributed by atoms with Crippen molar-refractivity contribution in [2.24, 2.45) is 5.73 Å². The number of ether oxygens (including phenoxy) is 2. The van der Waals surface area contributed by atoms with Crippen LogP contribution in [0.2, 0.25) is 0 Å². The summed E-state index contributed by atoms with van der Waals surface area (Å²) in [4.78, 5) is 0. The van der Waals surface area contributed by atoms with Crippen LogP contribution < -0.4 is 15.2 Å². The average Bonchev–Trinajstić information content (AvgIpc) is 2.82. The van der Waals surface area contributed by atoms with Crippen LogP contribution >= 0.6 is 0 Å². The topological polar surface area (TPSA) is 44.5 Å². The Hall–Kier alpha value is -2.00. The molecule has 0 aromatic heterocycles. The van der Waals surface area contributed by atoms with Crippen molar-refractivity contribution >= 4 is 0 Å². The van der Waals surface area contributed by atoms with E-state index in [0.29, 0.717) is 6.61 Å². The predicted octanol–water partition coefficient (Wildman–Crippen LogP) is 3.44. The summed E-state index contributed by atoms with van der Waals surface area (Å²) >= 11 is 0. The zero-order chi connectivity index (χ0) is 13.9. The molecule has 20 heavy (non-hydrogen) atoms. The molecule has 0 fully saturated rings. The van der Waals surface area contributed by atoms with Crippen molar-refractivity contribution in [1.82, 2.24) is 0 Å². The van der Waals surface area contributed by atoms with Crippen molar-refractivity contribution in [3.8, 4) is 11.5 Å². The summed E-state index contributed by atoms with van der Waals surface area (Å²) in [5, 5.41) is 0. The normalized spacial score (nSPS) is 20.3. The second kappa shape index (κ2) is 5.55. The molecule has 3 rings (SSSR count). The lowest BCUT2D eigenvalue weighted by atomic mass is 10.0. The summed E-state index contributed by atoms with van der Waals surface area (Å²) < 4.78 is 11.6. The van der Waals surface area contributed by atoms with E-state index in [4.69, 9.17) is 15.2 Å². The van der Waals surface area contributed by atoms with E-state index in [-0.39, 0.29) is 12.1 Å². The van der Waals surface area contributed by atoms with Gasteiger partial charge in [-0.25, -0.2) is 0 Å². The summed E-state index contributed by atoms with van der Waals surface area (Å²) in [5.41, 5.74) is 8.39. The molecular weight excluding hydrogens is 250 g/mol. The number of hydrogen-bond donors (Lipinski definition) is 1. The molecule has 0 saturated heterocycles. The van der Waals surface area contributed by atoms with Gasteiger partial charge < -0.3 is 15.2 Å². The third kappa shape index (κ3) is 2.49. The SMILES string of the molecule is CCC1Oc2ccc(OCc3ccccc3)cc2C1N. The maximum atomic E-state index is 6.20.